The Balaban J connectivity index is 2.09. The number of ether oxygens (including phenoxy) is 3. The molecule has 0 radical (unpaired) electrons. The van der Waals surface area contributed by atoms with Crippen LogP contribution in [0, 0.1) is 11.8 Å². The van der Waals surface area contributed by atoms with Crippen molar-refractivity contribution in [1.82, 2.24) is 5.32 Å². The SMILES string of the molecule is CC(C)CCNC(=O)COCC1CCCC(OCC(C)C)O1. The Morgan fingerprint density at radius 1 is 1.23 bits per heavy atom. The fraction of sp³-hybridized carbons (Fsp3) is 0.941. The molecule has 1 heterocycles. The van der Waals surface area contributed by atoms with E-state index in [-0.39, 0.29) is 24.9 Å². The van der Waals surface area contributed by atoms with E-state index in [1.807, 2.05) is 0 Å². The summed E-state index contributed by atoms with van der Waals surface area (Å²) in [6.45, 7) is 10.5. The quantitative estimate of drug-likeness (QED) is 0.673. The summed E-state index contributed by atoms with van der Waals surface area (Å²) in [4.78, 5) is 11.6. The van der Waals surface area contributed by atoms with Gasteiger partial charge in [0.05, 0.1) is 19.3 Å². The van der Waals surface area contributed by atoms with Crippen molar-refractivity contribution in [2.24, 2.45) is 11.8 Å². The fourth-order valence-electron chi connectivity index (χ4n) is 2.24. The summed E-state index contributed by atoms with van der Waals surface area (Å²) in [6.07, 6.45) is 3.90. The number of carbonyl (C=O) groups excluding carboxylic acids is 1. The van der Waals surface area contributed by atoms with Crippen LogP contribution in [0.15, 0.2) is 0 Å². The molecule has 1 amide bonds. The molecular weight excluding hydrogens is 282 g/mol. The second-order valence-corrected chi connectivity index (χ2v) is 6.89. The van der Waals surface area contributed by atoms with Crippen molar-refractivity contribution in [1.29, 1.82) is 0 Å². The molecule has 0 spiro atoms. The lowest BCUT2D eigenvalue weighted by atomic mass is 10.1. The molecule has 2 atom stereocenters. The number of hydrogen-bond acceptors (Lipinski definition) is 4. The molecule has 130 valence electrons. The summed E-state index contributed by atoms with van der Waals surface area (Å²) >= 11 is 0. The average molecular weight is 315 g/mol. The average Bonchev–Trinajstić information content (AvgIpc) is 2.45. The minimum atomic E-state index is -0.121. The van der Waals surface area contributed by atoms with E-state index in [0.29, 0.717) is 25.0 Å². The zero-order valence-corrected chi connectivity index (χ0v) is 14.6. The van der Waals surface area contributed by atoms with Gasteiger partial charge in [-0.15, -0.1) is 0 Å². The molecule has 0 saturated carbocycles. The van der Waals surface area contributed by atoms with Crippen LogP contribution in [-0.2, 0) is 19.0 Å². The monoisotopic (exact) mass is 315 g/mol. The fourth-order valence-corrected chi connectivity index (χ4v) is 2.24. The third-order valence-electron chi connectivity index (χ3n) is 3.51. The van der Waals surface area contributed by atoms with E-state index in [1.165, 1.54) is 0 Å². The van der Waals surface area contributed by atoms with Crippen molar-refractivity contribution in [3.63, 3.8) is 0 Å². The third-order valence-corrected chi connectivity index (χ3v) is 3.51. The Bertz CT molecular complexity index is 307. The molecule has 0 aromatic rings. The van der Waals surface area contributed by atoms with E-state index in [0.717, 1.165) is 32.3 Å². The van der Waals surface area contributed by atoms with Crippen molar-refractivity contribution >= 4 is 5.91 Å². The Kier molecular flexibility index (Phi) is 9.68. The molecule has 22 heavy (non-hydrogen) atoms. The molecule has 0 aliphatic carbocycles. The maximum atomic E-state index is 11.6. The normalized spacial score (nSPS) is 22.3. The largest absolute Gasteiger partial charge is 0.369 e. The maximum Gasteiger partial charge on any atom is 0.245 e. The Labute approximate surface area is 135 Å². The molecule has 1 saturated heterocycles. The highest BCUT2D eigenvalue weighted by Crippen LogP contribution is 2.20. The molecule has 0 aromatic heterocycles. The van der Waals surface area contributed by atoms with Crippen molar-refractivity contribution < 1.29 is 19.0 Å². The predicted octanol–water partition coefficient (Wildman–Crippen LogP) is 2.73. The summed E-state index contributed by atoms with van der Waals surface area (Å²) in [5, 5.41) is 2.86. The van der Waals surface area contributed by atoms with E-state index in [9.17, 15) is 4.79 Å². The Morgan fingerprint density at radius 3 is 2.68 bits per heavy atom. The van der Waals surface area contributed by atoms with Crippen molar-refractivity contribution in [2.45, 2.75) is 65.8 Å². The zero-order valence-electron chi connectivity index (χ0n) is 14.6. The van der Waals surface area contributed by atoms with Crippen LogP contribution in [0.5, 0.6) is 0 Å². The van der Waals surface area contributed by atoms with Gasteiger partial charge >= 0.3 is 0 Å². The molecule has 5 nitrogen and oxygen atoms in total. The molecule has 1 aliphatic rings. The van der Waals surface area contributed by atoms with Crippen LogP contribution in [0.2, 0.25) is 0 Å². The van der Waals surface area contributed by atoms with Crippen LogP contribution in [0.3, 0.4) is 0 Å². The number of carbonyl (C=O) groups is 1. The number of nitrogens with one attached hydrogen (secondary N) is 1. The van der Waals surface area contributed by atoms with Crippen LogP contribution < -0.4 is 5.32 Å². The van der Waals surface area contributed by atoms with Gasteiger partial charge < -0.3 is 19.5 Å². The van der Waals surface area contributed by atoms with E-state index >= 15 is 0 Å². The van der Waals surface area contributed by atoms with Crippen molar-refractivity contribution in [3.8, 4) is 0 Å². The molecule has 0 aromatic carbocycles. The second-order valence-electron chi connectivity index (χ2n) is 6.89. The van der Waals surface area contributed by atoms with Crippen LogP contribution in [-0.4, -0.2) is 44.7 Å². The van der Waals surface area contributed by atoms with E-state index < -0.39 is 0 Å². The summed E-state index contributed by atoms with van der Waals surface area (Å²) in [7, 11) is 0. The van der Waals surface area contributed by atoms with Crippen LogP contribution in [0.1, 0.15) is 53.4 Å². The third kappa shape index (κ3) is 9.38. The van der Waals surface area contributed by atoms with Gasteiger partial charge in [-0.05, 0) is 37.5 Å². The van der Waals surface area contributed by atoms with Gasteiger partial charge in [0.25, 0.3) is 0 Å². The lowest BCUT2D eigenvalue weighted by molar-refractivity contribution is -0.207. The molecule has 1 fully saturated rings. The Morgan fingerprint density at radius 2 is 2.00 bits per heavy atom. The number of amides is 1. The van der Waals surface area contributed by atoms with Gasteiger partial charge in [0.1, 0.15) is 6.61 Å². The second kappa shape index (κ2) is 11.0. The van der Waals surface area contributed by atoms with Crippen LogP contribution in [0.25, 0.3) is 0 Å². The first kappa shape index (κ1) is 19.4. The van der Waals surface area contributed by atoms with Crippen LogP contribution in [0.4, 0.5) is 0 Å². The molecule has 0 bridgehead atoms. The van der Waals surface area contributed by atoms with Gasteiger partial charge in [0.2, 0.25) is 5.91 Å². The van der Waals surface area contributed by atoms with Crippen LogP contribution >= 0.6 is 0 Å². The highest BCUT2D eigenvalue weighted by molar-refractivity contribution is 5.77. The van der Waals surface area contributed by atoms with E-state index in [2.05, 4.69) is 33.0 Å². The first-order valence-corrected chi connectivity index (χ1v) is 8.59. The van der Waals surface area contributed by atoms with Gasteiger partial charge in [-0.2, -0.15) is 0 Å². The van der Waals surface area contributed by atoms with Gasteiger partial charge in [-0.25, -0.2) is 0 Å². The summed E-state index contributed by atoms with van der Waals surface area (Å²) < 4.78 is 17.0. The van der Waals surface area contributed by atoms with Crippen molar-refractivity contribution in [2.75, 3.05) is 26.4 Å². The minimum Gasteiger partial charge on any atom is -0.369 e. The van der Waals surface area contributed by atoms with E-state index in [4.69, 9.17) is 14.2 Å². The topological polar surface area (TPSA) is 56.8 Å². The lowest BCUT2D eigenvalue weighted by Crippen LogP contribution is -2.35. The van der Waals surface area contributed by atoms with E-state index in [1.54, 1.807) is 0 Å². The molecular formula is C17H33NO4. The maximum absolute atomic E-state index is 11.6. The standard InChI is InChI=1S/C17H33NO4/c1-13(2)8-9-18-16(19)12-20-11-15-6-5-7-17(22-15)21-10-14(3)4/h13-15,17H,5-12H2,1-4H3,(H,18,19). The molecule has 1 aliphatic heterocycles. The molecule has 5 heteroatoms. The highest BCUT2D eigenvalue weighted by Gasteiger charge is 2.23. The summed E-state index contributed by atoms with van der Waals surface area (Å²) in [5.74, 6) is 1.05. The van der Waals surface area contributed by atoms with Crippen molar-refractivity contribution in [3.05, 3.63) is 0 Å². The molecule has 2 unspecified atom stereocenters. The first-order valence-electron chi connectivity index (χ1n) is 8.59. The Hall–Kier alpha value is -0.650. The van der Waals surface area contributed by atoms with Gasteiger partial charge in [-0.1, -0.05) is 27.7 Å². The summed E-state index contributed by atoms with van der Waals surface area (Å²) in [5.41, 5.74) is 0. The molecule has 1 rings (SSSR count). The van der Waals surface area contributed by atoms with Gasteiger partial charge in [-0.3, -0.25) is 4.79 Å². The molecule has 1 N–H and O–H groups in total. The lowest BCUT2D eigenvalue weighted by Gasteiger charge is -2.30. The zero-order chi connectivity index (χ0) is 16.4. The number of rotatable bonds is 10. The highest BCUT2D eigenvalue weighted by atomic mass is 16.7. The smallest absolute Gasteiger partial charge is 0.245 e. The predicted molar refractivity (Wildman–Crippen MR) is 86.6 cm³/mol. The van der Waals surface area contributed by atoms with Gasteiger partial charge in [0.15, 0.2) is 6.29 Å². The minimum absolute atomic E-state index is 0.0365. The summed E-state index contributed by atoms with van der Waals surface area (Å²) in [6, 6.07) is 0. The first-order chi connectivity index (χ1) is 10.5. The number of hydrogen-bond donors (Lipinski definition) is 1. The van der Waals surface area contributed by atoms with Gasteiger partial charge in [0, 0.05) is 6.54 Å².